The molecule has 0 bridgehead atoms. The van der Waals surface area contributed by atoms with E-state index < -0.39 is 23.5 Å². The minimum absolute atomic E-state index is 0.0377. The summed E-state index contributed by atoms with van der Waals surface area (Å²) >= 11 is 0. The number of aliphatic carboxylic acids is 1. The molecule has 0 aliphatic heterocycles. The highest BCUT2D eigenvalue weighted by Gasteiger charge is 2.23. The Kier molecular flexibility index (Phi) is 5.32. The number of aromatic amines is 1. The van der Waals surface area contributed by atoms with Crippen molar-refractivity contribution >= 4 is 11.9 Å². The third-order valence-corrected chi connectivity index (χ3v) is 3.80. The van der Waals surface area contributed by atoms with Crippen LogP contribution in [0.4, 0.5) is 0 Å². The van der Waals surface area contributed by atoms with E-state index in [2.05, 4.69) is 10.3 Å². The summed E-state index contributed by atoms with van der Waals surface area (Å²) < 4.78 is 4.83. The fourth-order valence-electron chi connectivity index (χ4n) is 2.57. The number of nitrogens with one attached hydrogen (secondary N) is 2. The molecule has 1 heterocycles. The second-order valence-electron chi connectivity index (χ2n) is 5.37. The Bertz CT molecular complexity index is 623. The van der Waals surface area contributed by atoms with Crippen LogP contribution < -0.4 is 10.9 Å². The third-order valence-electron chi connectivity index (χ3n) is 3.80. The second kappa shape index (κ2) is 7.22. The van der Waals surface area contributed by atoms with Crippen molar-refractivity contribution in [2.75, 3.05) is 13.7 Å². The van der Waals surface area contributed by atoms with Crippen LogP contribution in [0.5, 0.6) is 0 Å². The molecule has 22 heavy (non-hydrogen) atoms. The summed E-state index contributed by atoms with van der Waals surface area (Å²) in [5.74, 6) is -1.82. The van der Waals surface area contributed by atoms with Crippen molar-refractivity contribution in [1.29, 1.82) is 0 Å². The molecule has 0 fully saturated rings. The fraction of sp³-hybridized carbons (Fsp3) is 0.533. The van der Waals surface area contributed by atoms with Crippen LogP contribution in [0.2, 0.25) is 0 Å². The predicted octanol–water partition coefficient (Wildman–Crippen LogP) is 0.473. The Morgan fingerprint density at radius 3 is 2.82 bits per heavy atom. The van der Waals surface area contributed by atoms with Gasteiger partial charge in [-0.15, -0.1) is 0 Å². The molecule has 1 unspecified atom stereocenters. The lowest BCUT2D eigenvalue weighted by atomic mass is 9.95. The molecule has 2 rings (SSSR count). The largest absolute Gasteiger partial charge is 0.480 e. The summed E-state index contributed by atoms with van der Waals surface area (Å²) in [5.41, 5.74) is 1.32. The topological polar surface area (TPSA) is 108 Å². The molecule has 1 aliphatic carbocycles. The molecule has 1 atom stereocenters. The summed E-state index contributed by atoms with van der Waals surface area (Å²) in [6, 6.07) is 0.501. The van der Waals surface area contributed by atoms with Gasteiger partial charge in [-0.2, -0.15) is 0 Å². The van der Waals surface area contributed by atoms with E-state index in [1.165, 1.54) is 7.11 Å². The maximum atomic E-state index is 12.2. The van der Waals surface area contributed by atoms with Gasteiger partial charge in [-0.25, -0.2) is 4.79 Å². The lowest BCUT2D eigenvalue weighted by Crippen LogP contribution is -2.43. The van der Waals surface area contributed by atoms with Crippen molar-refractivity contribution in [2.45, 2.75) is 38.1 Å². The van der Waals surface area contributed by atoms with Crippen LogP contribution in [0, 0.1) is 0 Å². The smallest absolute Gasteiger partial charge is 0.326 e. The Balaban J connectivity index is 2.18. The van der Waals surface area contributed by atoms with Gasteiger partial charge in [0, 0.05) is 25.8 Å². The molecule has 1 amide bonds. The van der Waals surface area contributed by atoms with Gasteiger partial charge in [-0.1, -0.05) is 0 Å². The molecule has 3 N–H and O–H groups in total. The van der Waals surface area contributed by atoms with E-state index in [4.69, 9.17) is 9.84 Å². The first kappa shape index (κ1) is 16.2. The highest BCUT2D eigenvalue weighted by molar-refractivity contribution is 5.96. The highest BCUT2D eigenvalue weighted by Crippen LogP contribution is 2.18. The molecule has 1 aliphatic rings. The summed E-state index contributed by atoms with van der Waals surface area (Å²) in [6.07, 6.45) is 3.80. The van der Waals surface area contributed by atoms with Crippen LogP contribution in [0.15, 0.2) is 10.9 Å². The van der Waals surface area contributed by atoms with E-state index in [1.54, 1.807) is 6.07 Å². The van der Waals surface area contributed by atoms with Crippen molar-refractivity contribution in [1.82, 2.24) is 10.3 Å². The molecule has 0 spiro atoms. The van der Waals surface area contributed by atoms with Gasteiger partial charge in [0.25, 0.3) is 11.5 Å². The molecule has 0 saturated carbocycles. The van der Waals surface area contributed by atoms with Gasteiger partial charge in [-0.05, 0) is 37.3 Å². The molecule has 7 nitrogen and oxygen atoms in total. The maximum absolute atomic E-state index is 12.2. The number of carbonyl (C=O) groups is 2. The van der Waals surface area contributed by atoms with Crippen LogP contribution in [-0.2, 0) is 22.4 Å². The number of fused-ring (bicyclic) bond motifs is 1. The number of carboxylic acid groups (broad SMARTS) is 1. The van der Waals surface area contributed by atoms with E-state index in [-0.39, 0.29) is 18.6 Å². The number of rotatable bonds is 6. The number of carbonyl (C=O) groups excluding carboxylic acids is 1. The Labute approximate surface area is 127 Å². The minimum atomic E-state index is -1.15. The number of H-pyrrole nitrogens is 1. The van der Waals surface area contributed by atoms with Gasteiger partial charge in [0.2, 0.25) is 0 Å². The zero-order valence-corrected chi connectivity index (χ0v) is 12.5. The van der Waals surface area contributed by atoms with Gasteiger partial charge in [0.1, 0.15) is 11.6 Å². The predicted molar refractivity (Wildman–Crippen MR) is 79.1 cm³/mol. The first-order valence-corrected chi connectivity index (χ1v) is 7.30. The number of carboxylic acids is 1. The van der Waals surface area contributed by atoms with E-state index >= 15 is 0 Å². The quantitative estimate of drug-likeness (QED) is 0.708. The number of aryl methyl sites for hydroxylation is 2. The molecule has 1 aromatic heterocycles. The molecule has 0 radical (unpaired) electrons. The average molecular weight is 308 g/mol. The van der Waals surface area contributed by atoms with Crippen LogP contribution in [0.1, 0.15) is 40.9 Å². The lowest BCUT2D eigenvalue weighted by Gasteiger charge is -2.17. The third kappa shape index (κ3) is 3.73. The number of hydrogen-bond acceptors (Lipinski definition) is 4. The van der Waals surface area contributed by atoms with Crippen LogP contribution in [-0.4, -0.2) is 41.7 Å². The number of amides is 1. The van der Waals surface area contributed by atoms with Crippen molar-refractivity contribution in [3.8, 4) is 0 Å². The molecule has 1 aromatic rings. The zero-order valence-electron chi connectivity index (χ0n) is 12.5. The Morgan fingerprint density at radius 1 is 1.41 bits per heavy atom. The molecule has 0 aromatic carbocycles. The summed E-state index contributed by atoms with van der Waals surface area (Å²) in [5, 5.41) is 11.5. The van der Waals surface area contributed by atoms with Crippen molar-refractivity contribution in [3.63, 3.8) is 0 Å². The van der Waals surface area contributed by atoms with Gasteiger partial charge in [0.15, 0.2) is 0 Å². The first-order valence-electron chi connectivity index (χ1n) is 7.30. The molecule has 0 saturated heterocycles. The monoisotopic (exact) mass is 308 g/mol. The number of hydrogen-bond donors (Lipinski definition) is 3. The van der Waals surface area contributed by atoms with E-state index in [0.29, 0.717) is 0 Å². The number of pyridine rings is 1. The Morgan fingerprint density at radius 2 is 2.14 bits per heavy atom. The lowest BCUT2D eigenvalue weighted by molar-refractivity contribution is -0.139. The number of ether oxygens (including phenoxy) is 1. The van der Waals surface area contributed by atoms with Gasteiger partial charge < -0.3 is 20.1 Å². The summed E-state index contributed by atoms with van der Waals surface area (Å²) in [4.78, 5) is 38.1. The summed E-state index contributed by atoms with van der Waals surface area (Å²) in [6.45, 7) is 0.206. The Hall–Kier alpha value is -2.15. The molecular formula is C15H20N2O5. The second-order valence-corrected chi connectivity index (χ2v) is 5.37. The van der Waals surface area contributed by atoms with Crippen LogP contribution in [0.25, 0.3) is 0 Å². The first-order chi connectivity index (χ1) is 10.5. The SMILES string of the molecule is COCCC(NC(=O)c1cc2c([nH]c1=O)CCCC2)C(=O)O. The zero-order chi connectivity index (χ0) is 16.1. The van der Waals surface area contributed by atoms with Gasteiger partial charge in [0.05, 0.1) is 0 Å². The van der Waals surface area contributed by atoms with E-state index in [0.717, 1.165) is 36.9 Å². The van der Waals surface area contributed by atoms with Crippen LogP contribution in [0.3, 0.4) is 0 Å². The molecule has 7 heteroatoms. The fourth-order valence-corrected chi connectivity index (χ4v) is 2.57. The normalized spacial score (nSPS) is 15.0. The average Bonchev–Trinajstić information content (AvgIpc) is 2.50. The van der Waals surface area contributed by atoms with E-state index in [9.17, 15) is 14.4 Å². The van der Waals surface area contributed by atoms with Crippen LogP contribution >= 0.6 is 0 Å². The number of methoxy groups -OCH3 is 1. The van der Waals surface area contributed by atoms with Crippen molar-refractivity contribution < 1.29 is 19.4 Å². The molecule has 120 valence electrons. The van der Waals surface area contributed by atoms with Gasteiger partial charge in [-0.3, -0.25) is 9.59 Å². The van der Waals surface area contributed by atoms with Crippen molar-refractivity contribution in [3.05, 3.63) is 33.2 Å². The number of aromatic nitrogens is 1. The highest BCUT2D eigenvalue weighted by atomic mass is 16.5. The molecular weight excluding hydrogens is 288 g/mol. The van der Waals surface area contributed by atoms with E-state index in [1.807, 2.05) is 0 Å². The minimum Gasteiger partial charge on any atom is -0.480 e. The van der Waals surface area contributed by atoms with Gasteiger partial charge >= 0.3 is 5.97 Å². The van der Waals surface area contributed by atoms with Crippen molar-refractivity contribution in [2.24, 2.45) is 0 Å². The standard InChI is InChI=1S/C15H20N2O5/c1-22-7-6-12(15(20)21)17-14(19)10-8-9-4-2-3-5-11(9)16-13(10)18/h8,12H,2-7H2,1H3,(H,16,18)(H,17,19)(H,20,21). The maximum Gasteiger partial charge on any atom is 0.326 e. The summed E-state index contributed by atoms with van der Waals surface area (Å²) in [7, 11) is 1.45.